The van der Waals surface area contributed by atoms with E-state index in [4.69, 9.17) is 39.3 Å². The molecule has 20 heavy (non-hydrogen) atoms. The van der Waals surface area contributed by atoms with Crippen LogP contribution in [0.15, 0.2) is 22.7 Å². The summed E-state index contributed by atoms with van der Waals surface area (Å²) in [4.78, 5) is 8.28. The summed E-state index contributed by atoms with van der Waals surface area (Å²) >= 11 is 17.0. The molecule has 3 rings (SSSR count). The fraction of sp³-hybridized carbons (Fsp3) is 0.182. The van der Waals surface area contributed by atoms with Crippen LogP contribution in [0.2, 0.25) is 0 Å². The average Bonchev–Trinajstić information content (AvgIpc) is 2.95. The molecule has 0 unspecified atom stereocenters. The number of fused-ring (bicyclic) bond motifs is 1. The van der Waals surface area contributed by atoms with Gasteiger partial charge in [0.1, 0.15) is 5.82 Å². The lowest BCUT2D eigenvalue weighted by molar-refractivity contribution is 0.383. The van der Waals surface area contributed by atoms with Crippen LogP contribution in [0.5, 0.6) is 0 Å². The van der Waals surface area contributed by atoms with Crippen LogP contribution in [0, 0.1) is 5.82 Å². The van der Waals surface area contributed by atoms with Crippen molar-refractivity contribution in [2.45, 2.75) is 3.79 Å². The van der Waals surface area contributed by atoms with Crippen LogP contribution in [0.1, 0.15) is 5.89 Å². The van der Waals surface area contributed by atoms with Crippen LogP contribution in [0.4, 0.5) is 4.39 Å². The zero-order valence-electron chi connectivity index (χ0n) is 9.94. The predicted molar refractivity (Wildman–Crippen MR) is 73.2 cm³/mol. The van der Waals surface area contributed by atoms with Gasteiger partial charge in [0.2, 0.25) is 5.82 Å². The number of aryl methyl sites for hydroxylation is 1. The minimum Gasteiger partial charge on any atom is -0.334 e. The SMILES string of the molecule is Cn1c(-c2noc(C(Cl)(Cl)Cl)n2)nc2ccc(F)cc21. The Labute approximate surface area is 127 Å². The highest BCUT2D eigenvalue weighted by molar-refractivity contribution is 6.66. The van der Waals surface area contributed by atoms with Gasteiger partial charge in [0.25, 0.3) is 9.68 Å². The number of imidazole rings is 1. The first kappa shape index (κ1) is 13.6. The van der Waals surface area contributed by atoms with E-state index in [1.54, 1.807) is 17.7 Å². The maximum absolute atomic E-state index is 13.2. The lowest BCUT2D eigenvalue weighted by Crippen LogP contribution is -2.00. The molecule has 3 aromatic rings. The lowest BCUT2D eigenvalue weighted by Gasteiger charge is -2.01. The third-order valence-corrected chi connectivity index (χ3v) is 3.20. The van der Waals surface area contributed by atoms with Gasteiger partial charge in [-0.2, -0.15) is 4.98 Å². The number of nitrogens with zero attached hydrogens (tertiary/aromatic N) is 4. The topological polar surface area (TPSA) is 56.7 Å². The highest BCUT2D eigenvalue weighted by Gasteiger charge is 2.31. The fourth-order valence-corrected chi connectivity index (χ4v) is 2.02. The van der Waals surface area contributed by atoms with Crippen molar-refractivity contribution in [2.24, 2.45) is 7.05 Å². The molecule has 0 fully saturated rings. The van der Waals surface area contributed by atoms with E-state index in [9.17, 15) is 4.39 Å². The van der Waals surface area contributed by atoms with Gasteiger partial charge in [-0.25, -0.2) is 9.37 Å². The third kappa shape index (κ3) is 2.24. The van der Waals surface area contributed by atoms with E-state index in [-0.39, 0.29) is 17.5 Å². The van der Waals surface area contributed by atoms with Gasteiger partial charge in [-0.1, -0.05) is 40.0 Å². The number of hydrogen-bond donors (Lipinski definition) is 0. The fourth-order valence-electron chi connectivity index (χ4n) is 1.79. The van der Waals surface area contributed by atoms with Crippen LogP contribution in [0.25, 0.3) is 22.7 Å². The van der Waals surface area contributed by atoms with Crippen molar-refractivity contribution >= 4 is 45.8 Å². The molecule has 0 aliphatic carbocycles. The Kier molecular flexibility index (Phi) is 3.12. The van der Waals surface area contributed by atoms with Gasteiger partial charge in [0, 0.05) is 7.05 Å². The Morgan fingerprint density at radius 2 is 2.00 bits per heavy atom. The molecule has 2 heterocycles. The Balaban J connectivity index is 2.15. The second kappa shape index (κ2) is 4.58. The van der Waals surface area contributed by atoms with Crippen molar-refractivity contribution in [1.29, 1.82) is 0 Å². The van der Waals surface area contributed by atoms with Gasteiger partial charge in [-0.3, -0.25) is 0 Å². The van der Waals surface area contributed by atoms with Crippen LogP contribution in [-0.4, -0.2) is 19.7 Å². The Bertz CT molecular complexity index is 793. The first-order chi connectivity index (χ1) is 9.36. The molecule has 0 bridgehead atoms. The maximum Gasteiger partial charge on any atom is 0.279 e. The quantitative estimate of drug-likeness (QED) is 0.638. The molecule has 0 aliphatic heterocycles. The molecule has 9 heteroatoms. The first-order valence-corrected chi connectivity index (χ1v) is 6.53. The number of hydrogen-bond acceptors (Lipinski definition) is 4. The molecular weight excluding hydrogens is 330 g/mol. The van der Waals surface area contributed by atoms with Gasteiger partial charge < -0.3 is 9.09 Å². The lowest BCUT2D eigenvalue weighted by atomic mass is 10.3. The molecule has 0 saturated carbocycles. The van der Waals surface area contributed by atoms with E-state index in [1.807, 2.05) is 0 Å². The Hall–Kier alpha value is -1.37. The molecular formula is C11H6Cl3FN4O. The molecule has 5 nitrogen and oxygen atoms in total. The molecule has 0 radical (unpaired) electrons. The summed E-state index contributed by atoms with van der Waals surface area (Å²) in [6.45, 7) is 0. The predicted octanol–water partition coefficient (Wildman–Crippen LogP) is 3.59. The normalized spacial score (nSPS) is 12.2. The van der Waals surface area contributed by atoms with E-state index < -0.39 is 3.79 Å². The van der Waals surface area contributed by atoms with Crippen LogP contribution in [0.3, 0.4) is 0 Å². The van der Waals surface area contributed by atoms with Gasteiger partial charge in [-0.05, 0) is 18.2 Å². The molecule has 0 spiro atoms. The summed E-state index contributed by atoms with van der Waals surface area (Å²) in [5.74, 6) is 0.0261. The van der Waals surface area contributed by atoms with Crippen molar-refractivity contribution in [3.63, 3.8) is 0 Å². The zero-order valence-corrected chi connectivity index (χ0v) is 12.2. The number of rotatable bonds is 1. The highest BCUT2D eigenvalue weighted by atomic mass is 35.6. The first-order valence-electron chi connectivity index (χ1n) is 5.39. The Morgan fingerprint density at radius 3 is 2.65 bits per heavy atom. The Morgan fingerprint density at radius 1 is 1.25 bits per heavy atom. The van der Waals surface area contributed by atoms with Crippen molar-refractivity contribution in [2.75, 3.05) is 0 Å². The van der Waals surface area contributed by atoms with E-state index in [0.717, 1.165) is 0 Å². The van der Waals surface area contributed by atoms with E-state index in [2.05, 4.69) is 15.1 Å². The highest BCUT2D eigenvalue weighted by Crippen LogP contribution is 2.37. The standard InChI is InChI=1S/C11H6Cl3FN4O/c1-19-7-4-5(15)2-3-6(7)16-9(19)8-17-10(20-18-8)11(12,13)14/h2-4H,1H3. The minimum atomic E-state index is -1.80. The average molecular weight is 336 g/mol. The summed E-state index contributed by atoms with van der Waals surface area (Å²) in [6, 6.07) is 4.24. The molecule has 0 saturated heterocycles. The monoisotopic (exact) mass is 334 g/mol. The van der Waals surface area contributed by atoms with Crippen molar-refractivity contribution in [3.05, 3.63) is 29.9 Å². The van der Waals surface area contributed by atoms with Crippen molar-refractivity contribution in [3.8, 4) is 11.6 Å². The largest absolute Gasteiger partial charge is 0.334 e. The smallest absolute Gasteiger partial charge is 0.279 e. The molecule has 0 atom stereocenters. The van der Waals surface area contributed by atoms with Crippen LogP contribution in [-0.2, 0) is 10.8 Å². The van der Waals surface area contributed by atoms with E-state index in [0.29, 0.717) is 16.9 Å². The summed E-state index contributed by atoms with van der Waals surface area (Å²) in [7, 11) is 1.70. The van der Waals surface area contributed by atoms with Gasteiger partial charge in [0.05, 0.1) is 11.0 Å². The van der Waals surface area contributed by atoms with Crippen molar-refractivity contribution in [1.82, 2.24) is 19.7 Å². The summed E-state index contributed by atoms with van der Waals surface area (Å²) in [5, 5.41) is 3.71. The minimum absolute atomic E-state index is 0.157. The zero-order chi connectivity index (χ0) is 14.5. The van der Waals surface area contributed by atoms with Crippen LogP contribution < -0.4 is 0 Å². The summed E-state index contributed by atoms with van der Waals surface area (Å²) in [5.41, 5.74) is 1.20. The van der Waals surface area contributed by atoms with Crippen molar-refractivity contribution < 1.29 is 8.91 Å². The number of aromatic nitrogens is 4. The second-order valence-corrected chi connectivity index (χ2v) is 6.33. The number of alkyl halides is 3. The number of benzene rings is 1. The maximum atomic E-state index is 13.2. The molecule has 0 amide bonds. The van der Waals surface area contributed by atoms with Crippen LogP contribution >= 0.6 is 34.8 Å². The molecule has 104 valence electrons. The second-order valence-electron chi connectivity index (χ2n) is 4.05. The van der Waals surface area contributed by atoms with E-state index in [1.165, 1.54) is 12.1 Å². The summed E-state index contributed by atoms with van der Waals surface area (Å²) < 4.78 is 17.9. The van der Waals surface area contributed by atoms with Gasteiger partial charge >= 0.3 is 0 Å². The third-order valence-electron chi connectivity index (χ3n) is 2.71. The molecule has 1 aromatic carbocycles. The van der Waals surface area contributed by atoms with Gasteiger partial charge in [0.15, 0.2) is 5.82 Å². The van der Waals surface area contributed by atoms with Gasteiger partial charge in [-0.15, -0.1) is 0 Å². The number of halogens is 4. The molecule has 2 aromatic heterocycles. The van der Waals surface area contributed by atoms with E-state index >= 15 is 0 Å². The summed E-state index contributed by atoms with van der Waals surface area (Å²) in [6.07, 6.45) is 0. The molecule has 0 N–H and O–H groups in total. The molecule has 0 aliphatic rings.